The molecule has 1 aliphatic carbocycles. The van der Waals surface area contributed by atoms with Gasteiger partial charge in [0.15, 0.2) is 0 Å². The summed E-state index contributed by atoms with van der Waals surface area (Å²) >= 11 is 0. The van der Waals surface area contributed by atoms with Crippen LogP contribution in [0.2, 0.25) is 0 Å². The molecule has 0 aromatic carbocycles. The van der Waals surface area contributed by atoms with Crippen LogP contribution in [0.25, 0.3) is 0 Å². The fraction of sp³-hybridized carbons (Fsp3) is 1.00. The first-order chi connectivity index (χ1) is 9.24. The summed E-state index contributed by atoms with van der Waals surface area (Å²) in [7, 11) is 0. The maximum atomic E-state index is 12.0. The van der Waals surface area contributed by atoms with Crippen molar-refractivity contribution in [2.45, 2.75) is 70.4 Å². The molecule has 3 rings (SSSR count). The molecule has 0 bridgehead atoms. The second-order valence-corrected chi connectivity index (χ2v) is 7.23. The summed E-state index contributed by atoms with van der Waals surface area (Å²) in [5.41, 5.74) is 0. The second kappa shape index (κ2) is 6.11. The quantitative estimate of drug-likeness (QED) is 0.833. The van der Waals surface area contributed by atoms with Gasteiger partial charge in [-0.1, -0.05) is 13.3 Å². The van der Waals surface area contributed by atoms with Gasteiger partial charge in [-0.25, -0.2) is 0 Å². The maximum Gasteiger partial charge on any atom is 0.0100 e. The molecule has 1 saturated carbocycles. The highest BCUT2D eigenvalue weighted by Crippen LogP contribution is 2.41. The molecule has 0 aromatic rings. The molecule has 19 heavy (non-hydrogen) atoms. The lowest BCUT2D eigenvalue weighted by Gasteiger charge is -2.48. The van der Waals surface area contributed by atoms with Crippen LogP contribution in [0.5, 0.6) is 0 Å². The van der Waals surface area contributed by atoms with Crippen LogP contribution in [-0.4, -0.2) is 30.2 Å². The number of rotatable bonds is 2. The summed E-state index contributed by atoms with van der Waals surface area (Å²) < 4.78 is 0. The van der Waals surface area contributed by atoms with Gasteiger partial charge in [0.25, 0.3) is 0 Å². The van der Waals surface area contributed by atoms with Gasteiger partial charge in [0, 0.05) is 6.04 Å². The molecule has 0 amide bonds. The van der Waals surface area contributed by atoms with Crippen molar-refractivity contribution in [3.63, 3.8) is 0 Å². The Bertz CT molecular complexity index is 296. The van der Waals surface area contributed by atoms with Crippen molar-refractivity contribution in [2.75, 3.05) is 13.1 Å². The van der Waals surface area contributed by atoms with Crippen molar-refractivity contribution in [1.29, 1.82) is 0 Å². The van der Waals surface area contributed by atoms with Crippen LogP contribution in [0.4, 0.5) is 0 Å². The summed E-state index contributed by atoms with van der Waals surface area (Å²) in [6.45, 7) is 4.38. The number of piperidine rings is 2. The van der Waals surface area contributed by atoms with E-state index in [-0.39, 0.29) is 0 Å². The van der Waals surface area contributed by atoms with Gasteiger partial charge in [-0.2, -0.15) is 0 Å². The Hall–Kier alpha value is -0.120. The topological polar surface area (TPSA) is 38.3 Å². The highest BCUT2D eigenvalue weighted by Gasteiger charge is 2.38. The monoisotopic (exact) mass is 265 g/mol. The molecule has 3 heteroatoms. The molecule has 5 atom stereocenters. The Kier molecular flexibility index (Phi) is 4.45. The van der Waals surface area contributed by atoms with Crippen molar-refractivity contribution in [3.05, 3.63) is 5.21 Å². The third-order valence-electron chi connectivity index (χ3n) is 5.75. The van der Waals surface area contributed by atoms with E-state index < -0.39 is 0 Å². The Morgan fingerprint density at radius 1 is 1.16 bits per heavy atom. The zero-order chi connectivity index (χ0) is 13.2. The van der Waals surface area contributed by atoms with E-state index in [4.69, 9.17) is 0 Å². The van der Waals surface area contributed by atoms with Crippen molar-refractivity contribution in [2.24, 2.45) is 17.8 Å². The molecule has 3 fully saturated rings. The molecule has 2 aliphatic heterocycles. The van der Waals surface area contributed by atoms with Crippen LogP contribution in [0, 0.1) is 23.0 Å². The molecule has 1 N–H and O–H groups in total. The Morgan fingerprint density at radius 2 is 2.05 bits per heavy atom. The van der Waals surface area contributed by atoms with E-state index in [0.717, 1.165) is 49.6 Å². The van der Waals surface area contributed by atoms with E-state index in [1.807, 2.05) is 0 Å². The third-order valence-corrected chi connectivity index (χ3v) is 5.75. The van der Waals surface area contributed by atoms with Gasteiger partial charge in [-0.3, -0.25) is 0 Å². The smallest absolute Gasteiger partial charge is 0.0100 e. The summed E-state index contributed by atoms with van der Waals surface area (Å²) in [6.07, 6.45) is 10.1. The normalized spacial score (nSPS) is 44.8. The number of nitrogens with one attached hydrogen (secondary N) is 1. The second-order valence-electron chi connectivity index (χ2n) is 7.23. The van der Waals surface area contributed by atoms with E-state index in [2.05, 4.69) is 12.2 Å². The maximum absolute atomic E-state index is 12.0. The van der Waals surface area contributed by atoms with Gasteiger partial charge in [0.05, 0.1) is 0 Å². The van der Waals surface area contributed by atoms with E-state index >= 15 is 0 Å². The van der Waals surface area contributed by atoms with Crippen LogP contribution in [0.15, 0.2) is 0 Å². The molecular formula is C16H29N2O-. The van der Waals surface area contributed by atoms with E-state index in [1.165, 1.54) is 43.7 Å². The molecule has 110 valence electrons. The van der Waals surface area contributed by atoms with Gasteiger partial charge >= 0.3 is 0 Å². The molecule has 3 nitrogen and oxygen atoms in total. The molecule has 2 saturated heterocycles. The fourth-order valence-corrected chi connectivity index (χ4v) is 4.85. The minimum atomic E-state index is 0.326. The predicted octanol–water partition coefficient (Wildman–Crippen LogP) is 3.14. The summed E-state index contributed by atoms with van der Waals surface area (Å²) in [4.78, 5) is 0. The zero-order valence-electron chi connectivity index (χ0n) is 12.3. The molecule has 0 aromatic heterocycles. The van der Waals surface area contributed by atoms with Crippen molar-refractivity contribution in [1.82, 2.24) is 10.4 Å². The van der Waals surface area contributed by atoms with E-state index in [1.54, 1.807) is 0 Å². The average Bonchev–Trinajstić information content (AvgIpc) is 2.41. The van der Waals surface area contributed by atoms with Crippen molar-refractivity contribution >= 4 is 0 Å². The molecule has 3 aliphatic rings. The molecule has 5 unspecified atom stereocenters. The standard InChI is InChI=1S/C16H29N2O/c1-12-9-13(11-14-5-2-3-8-18(14)19)15-6-4-7-17-16(15)10-12/h12-17H,2-11H2,1H3/q-1. The highest BCUT2D eigenvalue weighted by molar-refractivity contribution is 4.94. The number of hydrogen-bond donors (Lipinski definition) is 1. The van der Waals surface area contributed by atoms with Crippen molar-refractivity contribution in [3.8, 4) is 0 Å². The van der Waals surface area contributed by atoms with Crippen LogP contribution in [-0.2, 0) is 0 Å². The molecule has 0 radical (unpaired) electrons. The number of hydroxylamine groups is 2. The van der Waals surface area contributed by atoms with E-state index in [9.17, 15) is 5.21 Å². The first-order valence-electron chi connectivity index (χ1n) is 8.41. The van der Waals surface area contributed by atoms with Gasteiger partial charge in [-0.05, 0) is 81.8 Å². The largest absolute Gasteiger partial charge is 0.785 e. The average molecular weight is 265 g/mol. The minimum absolute atomic E-state index is 0.326. The molecule has 2 heterocycles. The number of nitrogens with zero attached hydrogens (tertiary/aromatic N) is 1. The van der Waals surface area contributed by atoms with Crippen LogP contribution in [0.1, 0.15) is 58.3 Å². The van der Waals surface area contributed by atoms with Crippen molar-refractivity contribution < 1.29 is 0 Å². The SMILES string of the molecule is CC1CC(CC2CCCCN2[O-])C2CCCNC2C1. The lowest BCUT2D eigenvalue weighted by molar-refractivity contribution is 0.0708. The summed E-state index contributed by atoms with van der Waals surface area (Å²) in [5, 5.41) is 17.1. The minimum Gasteiger partial charge on any atom is -0.785 e. The fourth-order valence-electron chi connectivity index (χ4n) is 4.85. The first kappa shape index (κ1) is 13.8. The van der Waals surface area contributed by atoms with Gasteiger partial charge in [0.1, 0.15) is 0 Å². The zero-order valence-corrected chi connectivity index (χ0v) is 12.3. The Labute approximate surface area is 117 Å². The number of fused-ring (bicyclic) bond motifs is 1. The van der Waals surface area contributed by atoms with Gasteiger partial charge in [0.2, 0.25) is 0 Å². The lowest BCUT2D eigenvalue weighted by Crippen LogP contribution is -2.50. The van der Waals surface area contributed by atoms with E-state index in [0.29, 0.717) is 6.04 Å². The number of hydrogen-bond acceptors (Lipinski definition) is 3. The Balaban J connectivity index is 1.63. The third kappa shape index (κ3) is 3.14. The Morgan fingerprint density at radius 3 is 2.89 bits per heavy atom. The van der Waals surface area contributed by atoms with Gasteiger partial charge < -0.3 is 15.6 Å². The molecular weight excluding hydrogens is 236 g/mol. The molecule has 0 spiro atoms. The summed E-state index contributed by atoms with van der Waals surface area (Å²) in [5.74, 6) is 2.47. The first-order valence-corrected chi connectivity index (χ1v) is 8.41. The van der Waals surface area contributed by atoms with Gasteiger partial charge in [-0.15, -0.1) is 0 Å². The van der Waals surface area contributed by atoms with Crippen LogP contribution in [0.3, 0.4) is 0 Å². The predicted molar refractivity (Wildman–Crippen MR) is 78.7 cm³/mol. The van der Waals surface area contributed by atoms with Crippen LogP contribution >= 0.6 is 0 Å². The highest BCUT2D eigenvalue weighted by atomic mass is 16.5. The van der Waals surface area contributed by atoms with Crippen LogP contribution < -0.4 is 5.32 Å². The summed E-state index contributed by atoms with van der Waals surface area (Å²) in [6, 6.07) is 1.07. The lowest BCUT2D eigenvalue weighted by atomic mass is 9.66.